The number of carbonyl (C=O) groups is 3. The number of ether oxygens (including phenoxy) is 1. The summed E-state index contributed by atoms with van der Waals surface area (Å²) in [7, 11) is 0. The Labute approximate surface area is 207 Å². The number of Topliss-reactive ketones (excluding diaryl/α,β-unsaturated/α-hetero) is 1. The van der Waals surface area contributed by atoms with Crippen LogP contribution in [0.25, 0.3) is 0 Å². The Hall–Kier alpha value is -4.04. The van der Waals surface area contributed by atoms with Gasteiger partial charge in [-0.2, -0.15) is 5.48 Å². The quantitative estimate of drug-likeness (QED) is 0.515. The van der Waals surface area contributed by atoms with Gasteiger partial charge in [-0.3, -0.25) is 14.4 Å². The molecule has 3 atom stereocenters. The Morgan fingerprint density at radius 1 is 1.03 bits per heavy atom. The number of ketones is 1. The topological polar surface area (TPSA) is 84.9 Å². The lowest BCUT2D eigenvalue weighted by Crippen LogP contribution is -2.44. The fourth-order valence-corrected chi connectivity index (χ4v) is 4.84. The molecule has 184 valence electrons. The minimum absolute atomic E-state index is 0.00690. The van der Waals surface area contributed by atoms with E-state index in [1.165, 1.54) is 12.1 Å². The number of carbonyl (C=O) groups excluding carboxylic acids is 3. The molecule has 5 rings (SSSR count). The van der Waals surface area contributed by atoms with Crippen LogP contribution in [0.3, 0.4) is 0 Å². The van der Waals surface area contributed by atoms with E-state index < -0.39 is 17.9 Å². The fraction of sp³-hybridized carbons (Fsp3) is 0.250. The normalized spacial score (nSPS) is 19.6. The second-order valence-corrected chi connectivity index (χ2v) is 8.90. The van der Waals surface area contributed by atoms with Crippen molar-refractivity contribution in [1.82, 2.24) is 10.4 Å². The molecule has 36 heavy (non-hydrogen) atoms. The van der Waals surface area contributed by atoms with Crippen molar-refractivity contribution in [3.63, 3.8) is 0 Å². The summed E-state index contributed by atoms with van der Waals surface area (Å²) in [5.41, 5.74) is 4.18. The molecule has 2 aliphatic heterocycles. The number of fused-ring (bicyclic) bond motifs is 1. The molecule has 2 fully saturated rings. The number of benzene rings is 3. The molecule has 2 amide bonds. The second-order valence-electron chi connectivity index (χ2n) is 8.90. The third-order valence-corrected chi connectivity index (χ3v) is 6.63. The molecule has 0 radical (unpaired) electrons. The molecule has 3 aromatic rings. The van der Waals surface area contributed by atoms with E-state index in [0.717, 1.165) is 5.56 Å². The number of halogens is 1. The highest BCUT2D eigenvalue weighted by Gasteiger charge is 2.48. The molecule has 3 aromatic carbocycles. The van der Waals surface area contributed by atoms with Crippen molar-refractivity contribution in [3.05, 3.63) is 101 Å². The summed E-state index contributed by atoms with van der Waals surface area (Å²) < 4.78 is 19.1. The van der Waals surface area contributed by atoms with Crippen molar-refractivity contribution >= 4 is 17.6 Å². The molecule has 3 unspecified atom stereocenters. The van der Waals surface area contributed by atoms with Gasteiger partial charge in [-0.05, 0) is 48.7 Å². The van der Waals surface area contributed by atoms with E-state index in [1.807, 2.05) is 6.07 Å². The average Bonchev–Trinajstić information content (AvgIpc) is 3.50. The molecule has 2 aliphatic rings. The number of likely N-dealkylation sites (tertiary alicyclic amines) is 1. The Morgan fingerprint density at radius 3 is 2.53 bits per heavy atom. The Bertz CT molecular complexity index is 1260. The van der Waals surface area contributed by atoms with Crippen molar-refractivity contribution in [2.24, 2.45) is 0 Å². The number of rotatable bonds is 7. The van der Waals surface area contributed by atoms with E-state index in [0.29, 0.717) is 29.8 Å². The van der Waals surface area contributed by atoms with E-state index >= 15 is 0 Å². The van der Waals surface area contributed by atoms with Gasteiger partial charge in [0, 0.05) is 17.7 Å². The van der Waals surface area contributed by atoms with E-state index in [9.17, 15) is 18.8 Å². The lowest BCUT2D eigenvalue weighted by Gasteiger charge is -2.28. The van der Waals surface area contributed by atoms with Gasteiger partial charge in [-0.25, -0.2) is 4.39 Å². The number of para-hydroxylation sites is 1. The van der Waals surface area contributed by atoms with E-state index in [4.69, 9.17) is 9.57 Å². The van der Waals surface area contributed by atoms with Crippen LogP contribution in [-0.2, 0) is 20.7 Å². The van der Waals surface area contributed by atoms with Gasteiger partial charge in [-0.15, -0.1) is 0 Å². The van der Waals surface area contributed by atoms with Crippen molar-refractivity contribution in [3.8, 4) is 5.75 Å². The van der Waals surface area contributed by atoms with Crippen LogP contribution < -0.4 is 10.3 Å². The number of hydrogen-bond acceptors (Lipinski definition) is 5. The monoisotopic (exact) mass is 488 g/mol. The molecule has 0 bridgehead atoms. The van der Waals surface area contributed by atoms with Crippen LogP contribution in [0, 0.1) is 5.82 Å². The summed E-state index contributed by atoms with van der Waals surface area (Å²) >= 11 is 0. The van der Waals surface area contributed by atoms with Crippen LogP contribution in [0.4, 0.5) is 4.39 Å². The summed E-state index contributed by atoms with van der Waals surface area (Å²) in [6, 6.07) is 20.9. The smallest absolute Gasteiger partial charge is 0.283 e. The third kappa shape index (κ3) is 4.85. The molecule has 0 spiro atoms. The average molecular weight is 489 g/mol. The number of hydroxylamine groups is 1. The highest BCUT2D eigenvalue weighted by molar-refractivity contribution is 5.95. The first-order valence-corrected chi connectivity index (χ1v) is 11.8. The Balaban J connectivity index is 1.44. The lowest BCUT2D eigenvalue weighted by atomic mass is 9.89. The third-order valence-electron chi connectivity index (χ3n) is 6.63. The molecular formula is C28H25FN2O5. The Kier molecular flexibility index (Phi) is 6.77. The van der Waals surface area contributed by atoms with Crippen LogP contribution in [0.2, 0.25) is 0 Å². The number of amides is 2. The molecule has 0 aliphatic carbocycles. The first kappa shape index (κ1) is 23.7. The minimum atomic E-state index is -0.729. The van der Waals surface area contributed by atoms with Crippen molar-refractivity contribution in [2.75, 3.05) is 13.2 Å². The maximum absolute atomic E-state index is 13.9. The van der Waals surface area contributed by atoms with Crippen LogP contribution in [0.5, 0.6) is 5.75 Å². The van der Waals surface area contributed by atoms with Gasteiger partial charge in [0.15, 0.2) is 11.5 Å². The second kappa shape index (κ2) is 10.3. The number of nitrogens with zero attached hydrogens (tertiary/aromatic N) is 1. The summed E-state index contributed by atoms with van der Waals surface area (Å²) in [5, 5.41) is 0. The Morgan fingerprint density at radius 2 is 1.75 bits per heavy atom. The standard InChI is InChI=1S/C28H25FN2O5/c29-20-12-10-18(11-13-20)16-22(28(34)31-15-14-25-26(31)23(32)17-35-25)21-8-4-5-9-24(21)36-30-27(33)19-6-2-1-3-7-19/h1-13,22,25-26H,14-17H2,(H,30,33). The van der Waals surface area contributed by atoms with E-state index in [1.54, 1.807) is 65.6 Å². The first-order valence-electron chi connectivity index (χ1n) is 11.8. The van der Waals surface area contributed by atoms with Crippen LogP contribution >= 0.6 is 0 Å². The van der Waals surface area contributed by atoms with Crippen LogP contribution in [-0.4, -0.2) is 47.8 Å². The molecule has 7 nitrogen and oxygen atoms in total. The molecule has 1 N–H and O–H groups in total. The number of nitrogens with one attached hydrogen (secondary N) is 1. The number of hydrogen-bond donors (Lipinski definition) is 1. The predicted octanol–water partition coefficient (Wildman–Crippen LogP) is 3.44. The van der Waals surface area contributed by atoms with Gasteiger partial charge >= 0.3 is 0 Å². The zero-order valence-electron chi connectivity index (χ0n) is 19.4. The summed E-state index contributed by atoms with van der Waals surface area (Å²) in [5.74, 6) is -1.56. The predicted molar refractivity (Wildman–Crippen MR) is 129 cm³/mol. The summed E-state index contributed by atoms with van der Waals surface area (Å²) in [6.45, 7) is 0.417. The molecular weight excluding hydrogens is 463 g/mol. The van der Waals surface area contributed by atoms with Crippen molar-refractivity contribution in [2.45, 2.75) is 30.9 Å². The van der Waals surface area contributed by atoms with E-state index in [-0.39, 0.29) is 36.6 Å². The van der Waals surface area contributed by atoms with Gasteiger partial charge in [0.1, 0.15) is 18.5 Å². The van der Waals surface area contributed by atoms with E-state index in [2.05, 4.69) is 5.48 Å². The zero-order valence-corrected chi connectivity index (χ0v) is 19.4. The van der Waals surface area contributed by atoms with Gasteiger partial charge < -0.3 is 14.5 Å². The maximum atomic E-state index is 13.9. The molecule has 2 saturated heterocycles. The first-order chi connectivity index (χ1) is 17.5. The van der Waals surface area contributed by atoms with Crippen molar-refractivity contribution in [1.29, 1.82) is 0 Å². The highest BCUT2D eigenvalue weighted by atomic mass is 19.1. The van der Waals surface area contributed by atoms with Crippen LogP contribution in [0.1, 0.15) is 33.8 Å². The summed E-state index contributed by atoms with van der Waals surface area (Å²) in [6.07, 6.45) is 0.565. The SMILES string of the molecule is O=C(NOc1ccccc1C(Cc1ccc(F)cc1)C(=O)N1CCC2OCC(=O)C21)c1ccccc1. The van der Waals surface area contributed by atoms with Crippen molar-refractivity contribution < 1.29 is 28.3 Å². The fourth-order valence-electron chi connectivity index (χ4n) is 4.84. The molecule has 0 saturated carbocycles. The van der Waals surface area contributed by atoms with Gasteiger partial charge in [0.2, 0.25) is 5.91 Å². The molecule has 2 heterocycles. The minimum Gasteiger partial charge on any atom is -0.379 e. The van der Waals surface area contributed by atoms with Gasteiger partial charge in [-0.1, -0.05) is 48.5 Å². The zero-order chi connectivity index (χ0) is 25.1. The molecule has 0 aromatic heterocycles. The largest absolute Gasteiger partial charge is 0.379 e. The van der Waals surface area contributed by atoms with Crippen LogP contribution in [0.15, 0.2) is 78.9 Å². The highest BCUT2D eigenvalue weighted by Crippen LogP contribution is 2.35. The summed E-state index contributed by atoms with van der Waals surface area (Å²) in [4.78, 5) is 46.2. The maximum Gasteiger partial charge on any atom is 0.283 e. The lowest BCUT2D eigenvalue weighted by molar-refractivity contribution is -0.137. The molecule has 8 heteroatoms. The van der Waals surface area contributed by atoms with Gasteiger partial charge in [0.25, 0.3) is 5.91 Å². The van der Waals surface area contributed by atoms with Gasteiger partial charge in [0.05, 0.1) is 12.0 Å².